The Kier molecular flexibility index (Phi) is 3.76. The Morgan fingerprint density at radius 2 is 2.22 bits per heavy atom. The molecule has 2 nitrogen and oxygen atoms in total. The Labute approximate surface area is 113 Å². The molecule has 0 radical (unpaired) electrons. The minimum atomic E-state index is -0.349. The van der Waals surface area contributed by atoms with Crippen molar-refractivity contribution in [1.82, 2.24) is 5.32 Å². The van der Waals surface area contributed by atoms with Crippen molar-refractivity contribution < 1.29 is 4.79 Å². The maximum Gasteiger partial charge on any atom is 0.230 e. The number of carbonyl (C=O) groups excluding carboxylic acids is 1. The molecule has 3 heteroatoms. The molecule has 0 aliphatic heterocycles. The van der Waals surface area contributed by atoms with Crippen LogP contribution >= 0.6 is 11.6 Å². The third-order valence-electron chi connectivity index (χ3n) is 3.65. The zero-order valence-electron chi connectivity index (χ0n) is 10.6. The summed E-state index contributed by atoms with van der Waals surface area (Å²) >= 11 is 5.70. The van der Waals surface area contributed by atoms with Gasteiger partial charge in [-0.3, -0.25) is 4.79 Å². The maximum absolute atomic E-state index is 12.4. The predicted molar refractivity (Wildman–Crippen MR) is 74.7 cm³/mol. The van der Waals surface area contributed by atoms with Crippen LogP contribution in [0, 0.1) is 6.92 Å². The highest BCUT2D eigenvalue weighted by atomic mass is 35.5. The molecule has 0 unspecified atom stereocenters. The second-order valence-electron chi connectivity index (χ2n) is 5.01. The smallest absolute Gasteiger partial charge is 0.230 e. The van der Waals surface area contributed by atoms with Gasteiger partial charge in [0.05, 0.1) is 12.0 Å². The summed E-state index contributed by atoms with van der Waals surface area (Å²) in [4.78, 5) is 12.4. The topological polar surface area (TPSA) is 29.1 Å². The van der Waals surface area contributed by atoms with E-state index in [9.17, 15) is 4.79 Å². The van der Waals surface area contributed by atoms with E-state index in [1.165, 1.54) is 5.56 Å². The molecule has 0 spiro atoms. The van der Waals surface area contributed by atoms with Crippen molar-refractivity contribution in [3.8, 4) is 0 Å². The van der Waals surface area contributed by atoms with E-state index < -0.39 is 0 Å². The summed E-state index contributed by atoms with van der Waals surface area (Å²) in [7, 11) is 0. The van der Waals surface area contributed by atoms with Crippen molar-refractivity contribution >= 4 is 17.5 Å². The molecule has 1 N–H and O–H groups in total. The Balaban J connectivity index is 2.20. The van der Waals surface area contributed by atoms with Gasteiger partial charge in [0, 0.05) is 5.03 Å². The third kappa shape index (κ3) is 2.44. The quantitative estimate of drug-likeness (QED) is 0.887. The fourth-order valence-electron chi connectivity index (χ4n) is 2.47. The minimum absolute atomic E-state index is 0.0705. The summed E-state index contributed by atoms with van der Waals surface area (Å²) < 4.78 is 0. The number of rotatable bonds is 4. The molecule has 1 fully saturated rings. The first-order valence-corrected chi connectivity index (χ1v) is 6.61. The first kappa shape index (κ1) is 13.2. The SMILES string of the molecule is C=C(Cl)CNC(=O)C1(c2cccc(C)c2)CCC1. The van der Waals surface area contributed by atoms with E-state index in [1.54, 1.807) is 0 Å². The summed E-state index contributed by atoms with van der Waals surface area (Å²) in [6.45, 7) is 5.98. The summed E-state index contributed by atoms with van der Waals surface area (Å²) in [6, 6.07) is 8.21. The number of benzene rings is 1. The van der Waals surface area contributed by atoms with Crippen LogP contribution in [0.25, 0.3) is 0 Å². The molecule has 18 heavy (non-hydrogen) atoms. The number of aryl methyl sites for hydroxylation is 1. The lowest BCUT2D eigenvalue weighted by atomic mass is 9.63. The van der Waals surface area contributed by atoms with Gasteiger partial charge in [0.15, 0.2) is 0 Å². The Hall–Kier alpha value is -1.28. The summed E-state index contributed by atoms with van der Waals surface area (Å²) in [5, 5.41) is 3.33. The van der Waals surface area contributed by atoms with Crippen molar-refractivity contribution in [2.75, 3.05) is 6.54 Å². The van der Waals surface area contributed by atoms with Crippen molar-refractivity contribution in [2.45, 2.75) is 31.6 Å². The molecule has 1 aliphatic carbocycles. The van der Waals surface area contributed by atoms with Gasteiger partial charge in [0.1, 0.15) is 0 Å². The maximum atomic E-state index is 12.4. The zero-order chi connectivity index (χ0) is 13.2. The van der Waals surface area contributed by atoms with Gasteiger partial charge in [-0.2, -0.15) is 0 Å². The first-order chi connectivity index (χ1) is 8.54. The van der Waals surface area contributed by atoms with Gasteiger partial charge in [-0.15, -0.1) is 0 Å². The molecule has 0 heterocycles. The van der Waals surface area contributed by atoms with Gasteiger partial charge >= 0.3 is 0 Å². The molecule has 1 aromatic rings. The molecule has 0 aromatic heterocycles. The molecular weight excluding hydrogens is 246 g/mol. The Bertz CT molecular complexity index is 477. The average Bonchev–Trinajstić information content (AvgIpc) is 2.25. The lowest BCUT2D eigenvalue weighted by molar-refractivity contribution is -0.129. The largest absolute Gasteiger partial charge is 0.350 e. The number of carbonyl (C=O) groups is 1. The Morgan fingerprint density at radius 1 is 1.50 bits per heavy atom. The zero-order valence-corrected chi connectivity index (χ0v) is 11.4. The molecule has 0 saturated heterocycles. The van der Waals surface area contributed by atoms with Crippen molar-refractivity contribution in [1.29, 1.82) is 0 Å². The minimum Gasteiger partial charge on any atom is -0.350 e. The molecule has 0 bridgehead atoms. The highest BCUT2D eigenvalue weighted by molar-refractivity contribution is 6.29. The second kappa shape index (κ2) is 5.15. The molecule has 1 amide bonds. The summed E-state index contributed by atoms with van der Waals surface area (Å²) in [5.41, 5.74) is 1.96. The molecule has 2 rings (SSSR count). The molecule has 1 aromatic carbocycles. The van der Waals surface area contributed by atoms with Crippen molar-refractivity contribution in [2.24, 2.45) is 0 Å². The number of hydrogen-bond acceptors (Lipinski definition) is 1. The number of halogens is 1. The van der Waals surface area contributed by atoms with E-state index in [2.05, 4.69) is 18.0 Å². The van der Waals surface area contributed by atoms with Gasteiger partial charge in [0.25, 0.3) is 0 Å². The van der Waals surface area contributed by atoms with E-state index in [0.29, 0.717) is 11.6 Å². The van der Waals surface area contributed by atoms with Crippen LogP contribution in [-0.2, 0) is 10.2 Å². The van der Waals surface area contributed by atoms with E-state index in [0.717, 1.165) is 24.8 Å². The number of amides is 1. The highest BCUT2D eigenvalue weighted by Gasteiger charge is 2.45. The van der Waals surface area contributed by atoms with Gasteiger partial charge in [-0.25, -0.2) is 0 Å². The van der Waals surface area contributed by atoms with Crippen LogP contribution in [0.1, 0.15) is 30.4 Å². The van der Waals surface area contributed by atoms with Crippen LogP contribution < -0.4 is 5.32 Å². The fourth-order valence-corrected chi connectivity index (χ4v) is 2.53. The van der Waals surface area contributed by atoms with Crippen LogP contribution in [0.4, 0.5) is 0 Å². The standard InChI is InChI=1S/C15H18ClNO/c1-11-5-3-6-13(9-11)15(7-4-8-15)14(18)17-10-12(2)16/h3,5-6,9H,2,4,7-8,10H2,1H3,(H,17,18). The summed E-state index contributed by atoms with van der Waals surface area (Å²) in [5.74, 6) is 0.0705. The molecule has 1 aliphatic rings. The average molecular weight is 264 g/mol. The van der Waals surface area contributed by atoms with Crippen LogP contribution in [0.5, 0.6) is 0 Å². The molecule has 1 saturated carbocycles. The fraction of sp³-hybridized carbons (Fsp3) is 0.400. The lowest BCUT2D eigenvalue weighted by Gasteiger charge is -2.40. The molecule has 0 atom stereocenters. The number of nitrogens with one attached hydrogen (secondary N) is 1. The third-order valence-corrected chi connectivity index (χ3v) is 3.79. The Morgan fingerprint density at radius 3 is 2.72 bits per heavy atom. The first-order valence-electron chi connectivity index (χ1n) is 6.23. The van der Waals surface area contributed by atoms with Crippen molar-refractivity contribution in [3.63, 3.8) is 0 Å². The van der Waals surface area contributed by atoms with E-state index >= 15 is 0 Å². The van der Waals surface area contributed by atoms with E-state index in [-0.39, 0.29) is 11.3 Å². The van der Waals surface area contributed by atoms with Gasteiger partial charge < -0.3 is 5.32 Å². The lowest BCUT2D eigenvalue weighted by Crippen LogP contribution is -2.49. The molecule has 96 valence electrons. The van der Waals surface area contributed by atoms with Crippen LogP contribution in [0.15, 0.2) is 35.9 Å². The van der Waals surface area contributed by atoms with Crippen LogP contribution in [-0.4, -0.2) is 12.5 Å². The predicted octanol–water partition coefficient (Wildman–Crippen LogP) is 3.29. The van der Waals surface area contributed by atoms with Gasteiger partial charge in [-0.05, 0) is 25.3 Å². The van der Waals surface area contributed by atoms with Crippen LogP contribution in [0.3, 0.4) is 0 Å². The van der Waals surface area contributed by atoms with Crippen LogP contribution in [0.2, 0.25) is 0 Å². The monoisotopic (exact) mass is 263 g/mol. The highest BCUT2D eigenvalue weighted by Crippen LogP contribution is 2.44. The van der Waals surface area contributed by atoms with E-state index in [4.69, 9.17) is 11.6 Å². The van der Waals surface area contributed by atoms with Gasteiger partial charge in [0.2, 0.25) is 5.91 Å². The number of hydrogen-bond donors (Lipinski definition) is 1. The van der Waals surface area contributed by atoms with E-state index in [1.807, 2.05) is 25.1 Å². The molecular formula is C15H18ClNO. The normalized spacial score (nSPS) is 16.8. The van der Waals surface area contributed by atoms with Crippen molar-refractivity contribution in [3.05, 3.63) is 47.0 Å². The second-order valence-corrected chi connectivity index (χ2v) is 5.54. The summed E-state index contributed by atoms with van der Waals surface area (Å²) in [6.07, 6.45) is 2.93. The van der Waals surface area contributed by atoms with Gasteiger partial charge in [-0.1, -0.05) is 54.4 Å².